The van der Waals surface area contributed by atoms with E-state index in [0.717, 1.165) is 6.26 Å². The van der Waals surface area contributed by atoms with Crippen molar-refractivity contribution in [1.82, 2.24) is 0 Å². The third kappa shape index (κ3) is 26.2. The van der Waals surface area contributed by atoms with Crippen molar-refractivity contribution in [2.24, 2.45) is 0 Å². The highest BCUT2D eigenvalue weighted by Gasteiger charge is 1.87. The maximum Gasteiger partial charge on any atom is 0.307 e. The molecule has 0 amide bonds. The molecule has 0 saturated heterocycles. The van der Waals surface area contributed by atoms with E-state index in [0.29, 0.717) is 0 Å². The third-order valence-electron chi connectivity index (χ3n) is 4.42. The highest BCUT2D eigenvalue weighted by Crippen LogP contribution is 2.07. The smallest absolute Gasteiger partial charge is 0.307 e. The fraction of sp³-hybridized carbons (Fsp3) is 0.105. The molecule has 3 rings (SSSR count). The Bertz CT molecular complexity index is 1180. The SMILES string of the molecule is C=C=C.C=CC=C.C=COC(C)=O.C=Cc1ccc(C)cc1.C=Cc1cccc(C)c1.C=Cc1ccccc1C. The summed E-state index contributed by atoms with van der Waals surface area (Å²) in [7, 11) is 0. The van der Waals surface area contributed by atoms with Crippen LogP contribution in [0.2, 0.25) is 0 Å². The van der Waals surface area contributed by atoms with E-state index in [1.165, 1.54) is 40.3 Å². The van der Waals surface area contributed by atoms with Crippen LogP contribution >= 0.6 is 0 Å². The standard InChI is InChI=1S/3C9H10.C4H6O2.C4H6.C3H4/c1-3-9-6-4-8(2)5-7-9;1-3-9-6-4-5-8(2)7-9;1-3-9-7-5-4-6-8(9)2;1-3-6-4(2)5;1-3-4-2;1-3-2/h3*3-7H,1H2,2H3;3H,1H2,2H3;3-4H,1-2H2;1-2H2. The lowest BCUT2D eigenvalue weighted by molar-refractivity contribution is -0.135. The summed E-state index contributed by atoms with van der Waals surface area (Å²) < 4.78 is 4.17. The molecule has 0 bridgehead atoms. The van der Waals surface area contributed by atoms with Crippen molar-refractivity contribution in [3.63, 3.8) is 0 Å². The molecule has 0 spiro atoms. The predicted molar refractivity (Wildman–Crippen MR) is 181 cm³/mol. The van der Waals surface area contributed by atoms with Crippen LogP contribution in [-0.4, -0.2) is 5.97 Å². The molecule has 0 radical (unpaired) electrons. The van der Waals surface area contributed by atoms with Gasteiger partial charge in [-0.1, -0.05) is 167 Å². The predicted octanol–water partition coefficient (Wildman–Crippen LogP) is 10.9. The lowest BCUT2D eigenvalue weighted by atomic mass is 10.1. The molecule has 3 aromatic carbocycles. The Balaban J connectivity index is -0.000000428. The Morgan fingerprint density at radius 3 is 1.50 bits per heavy atom. The van der Waals surface area contributed by atoms with E-state index >= 15 is 0 Å². The summed E-state index contributed by atoms with van der Waals surface area (Å²) in [6.45, 7) is 34.7. The molecular weight excluding hydrogens is 488 g/mol. The number of allylic oxidation sites excluding steroid dienone is 2. The van der Waals surface area contributed by atoms with Crippen molar-refractivity contribution < 1.29 is 9.53 Å². The highest BCUT2D eigenvalue weighted by atomic mass is 16.5. The molecule has 210 valence electrons. The molecule has 0 fully saturated rings. The van der Waals surface area contributed by atoms with Gasteiger partial charge in [0.2, 0.25) is 0 Å². The molecule has 40 heavy (non-hydrogen) atoms. The fourth-order valence-electron chi connectivity index (χ4n) is 2.43. The van der Waals surface area contributed by atoms with Gasteiger partial charge in [-0.05, 0) is 43.0 Å². The second-order valence-electron chi connectivity index (χ2n) is 7.79. The molecule has 3 aromatic rings. The Labute approximate surface area is 244 Å². The van der Waals surface area contributed by atoms with E-state index in [4.69, 9.17) is 0 Å². The van der Waals surface area contributed by atoms with Gasteiger partial charge < -0.3 is 4.74 Å². The van der Waals surface area contributed by atoms with Crippen molar-refractivity contribution in [3.05, 3.63) is 183 Å². The van der Waals surface area contributed by atoms with Gasteiger partial charge in [0.05, 0.1) is 6.26 Å². The number of carbonyl (C=O) groups is 1. The fourth-order valence-corrected chi connectivity index (χ4v) is 2.43. The monoisotopic (exact) mass is 534 g/mol. The molecule has 0 aliphatic heterocycles. The van der Waals surface area contributed by atoms with E-state index in [1.807, 2.05) is 42.5 Å². The van der Waals surface area contributed by atoms with Crippen molar-refractivity contribution in [3.8, 4) is 0 Å². The second kappa shape index (κ2) is 28.7. The summed E-state index contributed by atoms with van der Waals surface area (Å²) in [5.74, 6) is -0.329. The molecule has 0 atom stereocenters. The van der Waals surface area contributed by atoms with E-state index < -0.39 is 0 Å². The molecule has 0 unspecified atom stereocenters. The first-order valence-electron chi connectivity index (χ1n) is 12.5. The van der Waals surface area contributed by atoms with Crippen molar-refractivity contribution in [2.75, 3.05) is 0 Å². The van der Waals surface area contributed by atoms with E-state index in [-0.39, 0.29) is 5.97 Å². The topological polar surface area (TPSA) is 26.3 Å². The molecular formula is C38H46O2. The first-order valence-corrected chi connectivity index (χ1v) is 12.5. The van der Waals surface area contributed by atoms with Crippen LogP contribution in [-0.2, 0) is 9.53 Å². The minimum Gasteiger partial charge on any atom is -0.435 e. The zero-order valence-electron chi connectivity index (χ0n) is 24.9. The largest absolute Gasteiger partial charge is 0.435 e. The molecule has 0 saturated carbocycles. The minimum atomic E-state index is -0.329. The van der Waals surface area contributed by atoms with Gasteiger partial charge in [0, 0.05) is 6.92 Å². The van der Waals surface area contributed by atoms with Crippen LogP contribution in [0.1, 0.15) is 40.3 Å². The summed E-state index contributed by atoms with van der Waals surface area (Å²) in [4.78, 5) is 9.75. The van der Waals surface area contributed by atoms with Gasteiger partial charge in [-0.15, -0.1) is 5.73 Å². The number of rotatable bonds is 5. The van der Waals surface area contributed by atoms with Crippen LogP contribution in [0.4, 0.5) is 0 Å². The van der Waals surface area contributed by atoms with Crippen LogP contribution in [0.5, 0.6) is 0 Å². The van der Waals surface area contributed by atoms with Crippen molar-refractivity contribution in [1.29, 1.82) is 0 Å². The van der Waals surface area contributed by atoms with Crippen LogP contribution in [0.3, 0.4) is 0 Å². The highest BCUT2D eigenvalue weighted by molar-refractivity contribution is 5.66. The van der Waals surface area contributed by atoms with Gasteiger partial charge in [0.25, 0.3) is 0 Å². The van der Waals surface area contributed by atoms with Gasteiger partial charge in [-0.25, -0.2) is 0 Å². The molecule has 2 nitrogen and oxygen atoms in total. The summed E-state index contributed by atoms with van der Waals surface area (Å²) in [6.07, 6.45) is 9.95. The number of hydrogen-bond donors (Lipinski definition) is 0. The first kappa shape index (κ1) is 39.6. The number of esters is 1. The normalized spacial score (nSPS) is 7.80. The van der Waals surface area contributed by atoms with Gasteiger partial charge in [-0.3, -0.25) is 4.79 Å². The van der Waals surface area contributed by atoms with Crippen LogP contribution in [0.25, 0.3) is 18.2 Å². The second-order valence-corrected chi connectivity index (χ2v) is 7.79. The van der Waals surface area contributed by atoms with Crippen LogP contribution < -0.4 is 0 Å². The quantitative estimate of drug-likeness (QED) is 0.141. The zero-order chi connectivity index (χ0) is 31.2. The molecule has 0 aliphatic carbocycles. The Kier molecular flexibility index (Phi) is 28.4. The number of aryl methyl sites for hydroxylation is 3. The van der Waals surface area contributed by atoms with Gasteiger partial charge >= 0.3 is 5.97 Å². The Morgan fingerprint density at radius 2 is 1.20 bits per heavy atom. The molecule has 2 heteroatoms. The summed E-state index contributed by atoms with van der Waals surface area (Å²) in [6, 6.07) is 24.7. The Hall–Kier alpha value is -4.91. The van der Waals surface area contributed by atoms with E-state index in [2.05, 4.69) is 132 Å². The number of ether oxygens (including phenoxy) is 1. The van der Waals surface area contributed by atoms with Gasteiger partial charge in [-0.2, -0.15) is 0 Å². The first-order chi connectivity index (χ1) is 19.1. The van der Waals surface area contributed by atoms with Crippen LogP contribution in [0.15, 0.2) is 150 Å². The van der Waals surface area contributed by atoms with E-state index in [9.17, 15) is 4.79 Å². The van der Waals surface area contributed by atoms with Gasteiger partial charge in [0.15, 0.2) is 0 Å². The van der Waals surface area contributed by atoms with Crippen molar-refractivity contribution >= 4 is 24.2 Å². The maximum atomic E-state index is 9.75. The molecule has 0 aromatic heterocycles. The average Bonchev–Trinajstić information content (AvgIpc) is 2.95. The summed E-state index contributed by atoms with van der Waals surface area (Å²) in [5, 5.41) is 0. The van der Waals surface area contributed by atoms with Crippen LogP contribution in [0, 0.1) is 20.8 Å². The maximum absolute atomic E-state index is 9.75. The molecule has 0 N–H and O–H groups in total. The lowest BCUT2D eigenvalue weighted by Gasteiger charge is -1.95. The van der Waals surface area contributed by atoms with Gasteiger partial charge in [0.1, 0.15) is 0 Å². The molecule has 0 heterocycles. The van der Waals surface area contributed by atoms with E-state index in [1.54, 1.807) is 12.2 Å². The number of carbonyl (C=O) groups excluding carboxylic acids is 1. The minimum absolute atomic E-state index is 0.329. The Morgan fingerprint density at radius 1 is 0.675 bits per heavy atom. The number of benzene rings is 3. The van der Waals surface area contributed by atoms with Crippen molar-refractivity contribution in [2.45, 2.75) is 27.7 Å². The third-order valence-corrected chi connectivity index (χ3v) is 4.42. The average molecular weight is 535 g/mol. The summed E-state index contributed by atoms with van der Waals surface area (Å²) in [5.41, 5.74) is 9.70. The summed E-state index contributed by atoms with van der Waals surface area (Å²) >= 11 is 0. The lowest BCUT2D eigenvalue weighted by Crippen LogP contribution is -1.87. The zero-order valence-corrected chi connectivity index (χ0v) is 24.9. The number of hydrogen-bond acceptors (Lipinski definition) is 2. The molecule has 0 aliphatic rings.